The molecule has 2 N–H and O–H groups in total. The van der Waals surface area contributed by atoms with Crippen molar-refractivity contribution in [2.75, 3.05) is 13.2 Å². The number of rotatable bonds is 7. The molecule has 23 heavy (non-hydrogen) atoms. The van der Waals surface area contributed by atoms with Crippen LogP contribution in [0.4, 0.5) is 0 Å². The summed E-state index contributed by atoms with van der Waals surface area (Å²) in [7, 11) is 1.83. The van der Waals surface area contributed by atoms with Gasteiger partial charge in [0, 0.05) is 13.6 Å². The fourth-order valence-corrected chi connectivity index (χ4v) is 2.34. The smallest absolute Gasteiger partial charge is 0.257 e. The van der Waals surface area contributed by atoms with E-state index in [4.69, 9.17) is 4.74 Å². The summed E-state index contributed by atoms with van der Waals surface area (Å²) in [6.45, 7) is 4.07. The maximum absolute atomic E-state index is 11.8. The van der Waals surface area contributed by atoms with Gasteiger partial charge in [-0.2, -0.15) is 5.10 Å². The van der Waals surface area contributed by atoms with E-state index in [1.807, 2.05) is 51.2 Å². The Balaban J connectivity index is 1.73. The lowest BCUT2D eigenvalue weighted by molar-refractivity contribution is -0.123. The summed E-state index contributed by atoms with van der Waals surface area (Å²) < 4.78 is 7.26. The van der Waals surface area contributed by atoms with Gasteiger partial charge in [0.15, 0.2) is 12.4 Å². The first kappa shape index (κ1) is 17.0. The van der Waals surface area contributed by atoms with Crippen LogP contribution in [-0.4, -0.2) is 33.9 Å². The number of amides is 1. The zero-order valence-electron chi connectivity index (χ0n) is 13.7. The minimum atomic E-state index is -0.583. The average molecular weight is 317 g/mol. The second-order valence-electron chi connectivity index (χ2n) is 5.48. The third-order valence-electron chi connectivity index (χ3n) is 3.71. The summed E-state index contributed by atoms with van der Waals surface area (Å²) in [4.78, 5) is 11.8. The quantitative estimate of drug-likeness (QED) is 0.814. The Labute approximate surface area is 136 Å². The van der Waals surface area contributed by atoms with Crippen LogP contribution in [0.3, 0.4) is 0 Å². The molecule has 124 valence electrons. The molecule has 0 saturated carbocycles. The van der Waals surface area contributed by atoms with Gasteiger partial charge < -0.3 is 15.2 Å². The summed E-state index contributed by atoms with van der Waals surface area (Å²) in [5, 5.41) is 17.0. The average Bonchev–Trinajstić information content (AvgIpc) is 2.79. The first-order valence-corrected chi connectivity index (χ1v) is 7.61. The van der Waals surface area contributed by atoms with Gasteiger partial charge in [0.05, 0.1) is 11.8 Å². The number of aryl methyl sites for hydroxylation is 2. The number of benzene rings is 1. The molecule has 1 unspecified atom stereocenters. The fraction of sp³-hybridized carbons (Fsp3) is 0.412. The first-order valence-electron chi connectivity index (χ1n) is 7.61. The molecule has 0 bridgehead atoms. The van der Waals surface area contributed by atoms with Gasteiger partial charge in [-0.25, -0.2) is 0 Å². The van der Waals surface area contributed by atoms with Crippen molar-refractivity contribution in [2.45, 2.75) is 26.4 Å². The normalized spacial score (nSPS) is 12.0. The van der Waals surface area contributed by atoms with Crippen molar-refractivity contribution in [1.29, 1.82) is 0 Å². The zero-order chi connectivity index (χ0) is 16.8. The van der Waals surface area contributed by atoms with E-state index in [0.717, 1.165) is 17.0 Å². The molecular formula is C17H23N3O3. The molecule has 6 nitrogen and oxygen atoms in total. The number of nitrogens with one attached hydrogen (secondary N) is 1. The van der Waals surface area contributed by atoms with Crippen LogP contribution >= 0.6 is 0 Å². The number of nitrogens with zero attached hydrogens (tertiary/aromatic N) is 2. The summed E-state index contributed by atoms with van der Waals surface area (Å²) in [6.07, 6.45) is -0.124. The highest BCUT2D eigenvalue weighted by atomic mass is 16.5. The van der Waals surface area contributed by atoms with Gasteiger partial charge in [0.25, 0.3) is 5.91 Å². The lowest BCUT2D eigenvalue weighted by atomic mass is 10.1. The standard InChI is InChI=1S/C17H23N3O3/c1-12-17(13(2)20(3)19-12)23-11-16(22)18-10-9-15(21)14-7-5-4-6-8-14/h4-8,15,21H,9-11H2,1-3H3,(H,18,22). The van der Waals surface area contributed by atoms with Crippen LogP contribution in [0.15, 0.2) is 30.3 Å². The monoisotopic (exact) mass is 317 g/mol. The SMILES string of the molecule is Cc1nn(C)c(C)c1OCC(=O)NCCC(O)c1ccccc1. The first-order chi connectivity index (χ1) is 11.0. The zero-order valence-corrected chi connectivity index (χ0v) is 13.7. The van der Waals surface area contributed by atoms with Crippen molar-refractivity contribution < 1.29 is 14.6 Å². The second kappa shape index (κ2) is 7.78. The van der Waals surface area contributed by atoms with Gasteiger partial charge >= 0.3 is 0 Å². The Hall–Kier alpha value is -2.34. The Kier molecular flexibility index (Phi) is 5.76. The number of carbonyl (C=O) groups excluding carboxylic acids is 1. The van der Waals surface area contributed by atoms with Crippen molar-refractivity contribution in [3.8, 4) is 5.75 Å². The Morgan fingerprint density at radius 3 is 2.65 bits per heavy atom. The van der Waals surface area contributed by atoms with Crippen LogP contribution in [0.2, 0.25) is 0 Å². The highest BCUT2D eigenvalue weighted by molar-refractivity contribution is 5.77. The molecule has 6 heteroatoms. The summed E-state index contributed by atoms with van der Waals surface area (Å²) >= 11 is 0. The van der Waals surface area contributed by atoms with Crippen LogP contribution in [0.5, 0.6) is 5.75 Å². The Bertz CT molecular complexity index is 653. The number of carbonyl (C=O) groups is 1. The molecule has 0 aliphatic carbocycles. The lowest BCUT2D eigenvalue weighted by Crippen LogP contribution is -2.30. The van der Waals surface area contributed by atoms with Gasteiger partial charge in [0.1, 0.15) is 5.69 Å². The maximum Gasteiger partial charge on any atom is 0.257 e. The van der Waals surface area contributed by atoms with E-state index in [1.54, 1.807) is 4.68 Å². The Morgan fingerprint density at radius 1 is 1.35 bits per heavy atom. The molecule has 1 heterocycles. The molecule has 0 fully saturated rings. The number of aromatic nitrogens is 2. The van der Waals surface area contributed by atoms with Crippen molar-refractivity contribution >= 4 is 5.91 Å². The molecule has 2 rings (SSSR count). The highest BCUT2D eigenvalue weighted by Gasteiger charge is 2.13. The largest absolute Gasteiger partial charge is 0.480 e. The molecule has 0 radical (unpaired) electrons. The van der Waals surface area contributed by atoms with Gasteiger partial charge in [-0.05, 0) is 25.8 Å². The number of ether oxygens (including phenoxy) is 1. The van der Waals surface area contributed by atoms with Crippen molar-refractivity contribution in [3.05, 3.63) is 47.3 Å². The number of aliphatic hydroxyl groups excluding tert-OH is 1. The summed E-state index contributed by atoms with van der Waals surface area (Å²) in [5.41, 5.74) is 2.49. The lowest BCUT2D eigenvalue weighted by Gasteiger charge is -2.12. The highest BCUT2D eigenvalue weighted by Crippen LogP contribution is 2.21. The van der Waals surface area contributed by atoms with E-state index in [9.17, 15) is 9.90 Å². The van der Waals surface area contributed by atoms with Crippen LogP contribution in [-0.2, 0) is 11.8 Å². The fourth-order valence-electron chi connectivity index (χ4n) is 2.34. The van der Waals surface area contributed by atoms with Gasteiger partial charge in [-0.3, -0.25) is 9.48 Å². The predicted octanol–water partition coefficient (Wildman–Crippen LogP) is 1.66. The predicted molar refractivity (Wildman–Crippen MR) is 87.2 cm³/mol. The van der Waals surface area contributed by atoms with Gasteiger partial charge in [-0.1, -0.05) is 30.3 Å². The minimum Gasteiger partial charge on any atom is -0.480 e. The van der Waals surface area contributed by atoms with Crippen LogP contribution in [0, 0.1) is 13.8 Å². The number of hydrogen-bond acceptors (Lipinski definition) is 4. The third kappa shape index (κ3) is 4.56. The topological polar surface area (TPSA) is 76.4 Å². The molecule has 1 aromatic heterocycles. The third-order valence-corrected chi connectivity index (χ3v) is 3.71. The molecule has 0 spiro atoms. The summed E-state index contributed by atoms with van der Waals surface area (Å²) in [5.74, 6) is 0.430. The molecular weight excluding hydrogens is 294 g/mol. The van der Waals surface area contributed by atoms with E-state index in [2.05, 4.69) is 10.4 Å². The molecule has 0 aliphatic rings. The second-order valence-corrected chi connectivity index (χ2v) is 5.48. The van der Waals surface area contributed by atoms with E-state index in [0.29, 0.717) is 18.7 Å². The summed E-state index contributed by atoms with van der Waals surface area (Å²) in [6, 6.07) is 9.39. The molecule has 1 atom stereocenters. The number of hydrogen-bond donors (Lipinski definition) is 2. The van der Waals surface area contributed by atoms with Crippen molar-refractivity contribution in [1.82, 2.24) is 15.1 Å². The maximum atomic E-state index is 11.8. The molecule has 0 aliphatic heterocycles. The van der Waals surface area contributed by atoms with Gasteiger partial charge in [0.2, 0.25) is 0 Å². The van der Waals surface area contributed by atoms with E-state index in [-0.39, 0.29) is 12.5 Å². The van der Waals surface area contributed by atoms with Crippen LogP contribution in [0.1, 0.15) is 29.5 Å². The van der Waals surface area contributed by atoms with E-state index in [1.165, 1.54) is 0 Å². The molecule has 1 amide bonds. The van der Waals surface area contributed by atoms with Crippen molar-refractivity contribution in [3.63, 3.8) is 0 Å². The minimum absolute atomic E-state index is 0.0607. The molecule has 2 aromatic rings. The van der Waals surface area contributed by atoms with E-state index < -0.39 is 6.10 Å². The number of aliphatic hydroxyl groups is 1. The molecule has 0 saturated heterocycles. The van der Waals surface area contributed by atoms with Crippen molar-refractivity contribution in [2.24, 2.45) is 7.05 Å². The van der Waals surface area contributed by atoms with E-state index >= 15 is 0 Å². The van der Waals surface area contributed by atoms with Crippen LogP contribution < -0.4 is 10.1 Å². The van der Waals surface area contributed by atoms with Gasteiger partial charge in [-0.15, -0.1) is 0 Å². The molecule has 1 aromatic carbocycles. The Morgan fingerprint density at radius 2 is 2.04 bits per heavy atom. The van der Waals surface area contributed by atoms with Crippen LogP contribution in [0.25, 0.3) is 0 Å².